The highest BCUT2D eigenvalue weighted by Gasteiger charge is 2.29. The summed E-state index contributed by atoms with van der Waals surface area (Å²) in [6.45, 7) is 3.05. The summed E-state index contributed by atoms with van der Waals surface area (Å²) in [6, 6.07) is 15.2. The minimum atomic E-state index is -0.156. The van der Waals surface area contributed by atoms with Gasteiger partial charge in [0.2, 0.25) is 0 Å². The Hall–Kier alpha value is -2.29. The molecule has 1 unspecified atom stereocenters. The van der Waals surface area contributed by atoms with Gasteiger partial charge in [-0.3, -0.25) is 4.79 Å². The number of ketones is 1. The topological polar surface area (TPSA) is 35.5 Å². The highest BCUT2D eigenvalue weighted by molar-refractivity contribution is 6.03. The van der Waals surface area contributed by atoms with Crippen LogP contribution in [0.5, 0.6) is 11.5 Å². The molecule has 3 rings (SSSR count). The first-order valence-electron chi connectivity index (χ1n) is 7.29. The van der Waals surface area contributed by atoms with Gasteiger partial charge in [-0.25, -0.2) is 0 Å². The molecule has 0 radical (unpaired) electrons. The zero-order valence-electron chi connectivity index (χ0n) is 12.0. The highest BCUT2D eigenvalue weighted by Crippen LogP contribution is 2.37. The van der Waals surface area contributed by atoms with E-state index in [1.54, 1.807) is 0 Å². The van der Waals surface area contributed by atoms with Crippen LogP contribution < -0.4 is 9.47 Å². The van der Waals surface area contributed by atoms with Crippen LogP contribution in [0.15, 0.2) is 48.5 Å². The zero-order valence-corrected chi connectivity index (χ0v) is 12.0. The van der Waals surface area contributed by atoms with Crippen molar-refractivity contribution in [2.75, 3.05) is 13.2 Å². The summed E-state index contributed by atoms with van der Waals surface area (Å²) in [5, 5.41) is 0. The van der Waals surface area contributed by atoms with E-state index in [0.29, 0.717) is 30.9 Å². The van der Waals surface area contributed by atoms with Crippen molar-refractivity contribution in [2.24, 2.45) is 0 Å². The third-order valence-corrected chi connectivity index (χ3v) is 3.73. The number of fused-ring (bicyclic) bond motifs is 1. The number of ether oxygens (including phenoxy) is 2. The molecular formula is C18H18O3. The fourth-order valence-corrected chi connectivity index (χ4v) is 2.75. The van der Waals surface area contributed by atoms with E-state index in [4.69, 9.17) is 9.47 Å². The molecule has 1 aliphatic rings. The zero-order chi connectivity index (χ0) is 14.7. The number of carbonyl (C=O) groups excluding carboxylic acids is 1. The number of rotatable bonds is 4. The minimum Gasteiger partial charge on any atom is -0.493 e. The maximum atomic E-state index is 12.9. The van der Waals surface area contributed by atoms with Gasteiger partial charge in [-0.2, -0.15) is 0 Å². The smallest absolute Gasteiger partial charge is 0.174 e. The number of benzene rings is 2. The van der Waals surface area contributed by atoms with E-state index in [0.717, 1.165) is 11.3 Å². The van der Waals surface area contributed by atoms with Crippen molar-refractivity contribution in [1.82, 2.24) is 0 Å². The number of para-hydroxylation sites is 2. The second-order valence-electron chi connectivity index (χ2n) is 5.02. The van der Waals surface area contributed by atoms with Crippen molar-refractivity contribution in [3.05, 3.63) is 59.7 Å². The molecule has 0 amide bonds. The maximum absolute atomic E-state index is 12.9. The lowest BCUT2D eigenvalue weighted by Crippen LogP contribution is -2.22. The molecule has 0 aromatic heterocycles. The Morgan fingerprint density at radius 3 is 2.81 bits per heavy atom. The van der Waals surface area contributed by atoms with Gasteiger partial charge in [-0.05, 0) is 31.5 Å². The number of hydrogen-bond acceptors (Lipinski definition) is 3. The SMILES string of the molecule is CCOc1ccccc1C(=O)C1CCOc2ccccc21. The Morgan fingerprint density at radius 2 is 1.95 bits per heavy atom. The van der Waals surface area contributed by atoms with Crippen molar-refractivity contribution in [1.29, 1.82) is 0 Å². The number of carbonyl (C=O) groups is 1. The fourth-order valence-electron chi connectivity index (χ4n) is 2.75. The molecule has 0 spiro atoms. The first-order valence-corrected chi connectivity index (χ1v) is 7.29. The van der Waals surface area contributed by atoms with Gasteiger partial charge >= 0.3 is 0 Å². The quantitative estimate of drug-likeness (QED) is 0.799. The number of hydrogen-bond donors (Lipinski definition) is 0. The first kappa shape index (κ1) is 13.7. The van der Waals surface area contributed by atoms with Crippen molar-refractivity contribution in [2.45, 2.75) is 19.3 Å². The average molecular weight is 282 g/mol. The summed E-state index contributed by atoms with van der Waals surface area (Å²) in [7, 11) is 0. The minimum absolute atomic E-state index is 0.106. The van der Waals surface area contributed by atoms with Crippen molar-refractivity contribution in [3.8, 4) is 11.5 Å². The number of Topliss-reactive ketones (excluding diaryl/α,β-unsaturated/α-hetero) is 1. The molecule has 2 aromatic carbocycles. The van der Waals surface area contributed by atoms with Gasteiger partial charge in [0.05, 0.1) is 24.7 Å². The van der Waals surface area contributed by atoms with Crippen LogP contribution in [0.4, 0.5) is 0 Å². The molecule has 3 nitrogen and oxygen atoms in total. The summed E-state index contributed by atoms with van der Waals surface area (Å²) in [5.74, 6) is 1.43. The summed E-state index contributed by atoms with van der Waals surface area (Å²) in [5.41, 5.74) is 1.63. The average Bonchev–Trinajstić information content (AvgIpc) is 2.54. The molecule has 0 saturated carbocycles. The Labute approximate surface area is 124 Å². The Bertz CT molecular complexity index is 648. The van der Waals surface area contributed by atoms with E-state index >= 15 is 0 Å². The molecule has 21 heavy (non-hydrogen) atoms. The summed E-state index contributed by atoms with van der Waals surface area (Å²) in [6.07, 6.45) is 0.705. The van der Waals surface area contributed by atoms with Gasteiger partial charge in [0.25, 0.3) is 0 Å². The predicted octanol–water partition coefficient (Wildman–Crippen LogP) is 3.83. The lowest BCUT2D eigenvalue weighted by atomic mass is 9.86. The molecule has 0 N–H and O–H groups in total. The van der Waals surface area contributed by atoms with E-state index in [9.17, 15) is 4.79 Å². The van der Waals surface area contributed by atoms with E-state index in [-0.39, 0.29) is 11.7 Å². The molecule has 1 aliphatic heterocycles. The van der Waals surface area contributed by atoms with E-state index < -0.39 is 0 Å². The third-order valence-electron chi connectivity index (χ3n) is 3.73. The van der Waals surface area contributed by atoms with Gasteiger partial charge < -0.3 is 9.47 Å². The molecule has 2 aromatic rings. The lowest BCUT2D eigenvalue weighted by molar-refractivity contribution is 0.0929. The molecule has 0 aliphatic carbocycles. The standard InChI is InChI=1S/C18H18O3/c1-2-20-17-10-6-4-8-15(17)18(19)14-11-12-21-16-9-5-3-7-13(14)16/h3-10,14H,2,11-12H2,1H3. The molecule has 0 fully saturated rings. The Kier molecular flexibility index (Phi) is 3.91. The summed E-state index contributed by atoms with van der Waals surface area (Å²) < 4.78 is 11.2. The molecular weight excluding hydrogens is 264 g/mol. The van der Waals surface area contributed by atoms with E-state index in [1.807, 2.05) is 55.5 Å². The molecule has 3 heteroatoms. The van der Waals surface area contributed by atoms with Crippen LogP contribution in [0, 0.1) is 0 Å². The summed E-state index contributed by atoms with van der Waals surface area (Å²) >= 11 is 0. The molecule has 0 saturated heterocycles. The van der Waals surface area contributed by atoms with Gasteiger partial charge in [0, 0.05) is 5.56 Å². The highest BCUT2D eigenvalue weighted by atomic mass is 16.5. The Balaban J connectivity index is 1.97. The van der Waals surface area contributed by atoms with E-state index in [2.05, 4.69) is 0 Å². The van der Waals surface area contributed by atoms with Crippen LogP contribution in [-0.4, -0.2) is 19.0 Å². The lowest BCUT2D eigenvalue weighted by Gasteiger charge is -2.25. The first-order chi connectivity index (χ1) is 10.3. The second kappa shape index (κ2) is 6.00. The maximum Gasteiger partial charge on any atom is 0.174 e. The molecule has 1 heterocycles. The molecule has 1 atom stereocenters. The summed E-state index contributed by atoms with van der Waals surface area (Å²) in [4.78, 5) is 12.9. The van der Waals surface area contributed by atoms with Gasteiger partial charge in [0.15, 0.2) is 5.78 Å². The third kappa shape index (κ3) is 2.64. The van der Waals surface area contributed by atoms with Crippen LogP contribution in [0.1, 0.15) is 35.2 Å². The molecule has 108 valence electrons. The Morgan fingerprint density at radius 1 is 1.19 bits per heavy atom. The van der Waals surface area contributed by atoms with Crippen LogP contribution >= 0.6 is 0 Å². The monoisotopic (exact) mass is 282 g/mol. The largest absolute Gasteiger partial charge is 0.493 e. The van der Waals surface area contributed by atoms with Crippen LogP contribution in [0.3, 0.4) is 0 Å². The van der Waals surface area contributed by atoms with Crippen molar-refractivity contribution < 1.29 is 14.3 Å². The van der Waals surface area contributed by atoms with Crippen LogP contribution in [-0.2, 0) is 0 Å². The van der Waals surface area contributed by atoms with Crippen molar-refractivity contribution >= 4 is 5.78 Å². The van der Waals surface area contributed by atoms with Gasteiger partial charge in [-0.1, -0.05) is 30.3 Å². The van der Waals surface area contributed by atoms with Gasteiger partial charge in [-0.15, -0.1) is 0 Å². The normalized spacial score (nSPS) is 16.7. The predicted molar refractivity (Wildman–Crippen MR) is 81.2 cm³/mol. The van der Waals surface area contributed by atoms with Crippen LogP contribution in [0.2, 0.25) is 0 Å². The van der Waals surface area contributed by atoms with Gasteiger partial charge in [0.1, 0.15) is 11.5 Å². The molecule has 0 bridgehead atoms. The van der Waals surface area contributed by atoms with Crippen molar-refractivity contribution in [3.63, 3.8) is 0 Å². The second-order valence-corrected chi connectivity index (χ2v) is 5.02. The van der Waals surface area contributed by atoms with E-state index in [1.165, 1.54) is 0 Å². The van der Waals surface area contributed by atoms with Crippen LogP contribution in [0.25, 0.3) is 0 Å². The fraction of sp³-hybridized carbons (Fsp3) is 0.278.